The highest BCUT2D eigenvalue weighted by molar-refractivity contribution is 7.85. The van der Waals surface area contributed by atoms with Crippen molar-refractivity contribution in [3.05, 3.63) is 77.6 Å². The first-order chi connectivity index (χ1) is 15.5. The molecule has 1 saturated carbocycles. The second-order valence-electron chi connectivity index (χ2n) is 8.95. The van der Waals surface area contributed by atoms with Crippen LogP contribution >= 0.6 is 0 Å². The van der Waals surface area contributed by atoms with Gasteiger partial charge in [0.25, 0.3) is 0 Å². The molecule has 3 aromatic rings. The fourth-order valence-corrected chi connectivity index (χ4v) is 6.03. The molecule has 166 valence electrons. The zero-order chi connectivity index (χ0) is 22.1. The summed E-state index contributed by atoms with van der Waals surface area (Å²) in [5, 5.41) is 12.5. The monoisotopic (exact) mass is 450 g/mol. The van der Waals surface area contributed by atoms with Crippen LogP contribution in [0, 0.1) is 24.6 Å². The predicted octanol–water partition coefficient (Wildman–Crippen LogP) is 4.41. The molecule has 0 spiro atoms. The van der Waals surface area contributed by atoms with E-state index < -0.39 is 10.8 Å². The molecule has 0 amide bonds. The van der Waals surface area contributed by atoms with Crippen molar-refractivity contribution in [2.24, 2.45) is 11.8 Å². The molecule has 0 bridgehead atoms. The van der Waals surface area contributed by atoms with Crippen LogP contribution in [0.15, 0.2) is 70.6 Å². The average molecular weight is 451 g/mol. The maximum atomic E-state index is 13.5. The minimum absolute atomic E-state index is 0.136. The van der Waals surface area contributed by atoms with Crippen LogP contribution in [0.5, 0.6) is 0 Å². The van der Waals surface area contributed by atoms with Crippen molar-refractivity contribution in [1.82, 2.24) is 15.1 Å². The number of aryl methyl sites for hydroxylation is 1. The van der Waals surface area contributed by atoms with Crippen molar-refractivity contribution in [3.63, 3.8) is 0 Å². The molecule has 2 heterocycles. The standard InChI is InChI=1S/C25H27FN4OS/c1-17-11-18(7-8-23(17)26)14-30-15-19-12-21(13-20(19)16-30)27-24-9-10-25(29-28-24)32(31)22-5-3-2-4-6-22/h2-11,19-21H,12-16H2,1H3,(H,27,28)/t19-,20+,21?,32?. The van der Waals surface area contributed by atoms with Crippen LogP contribution in [0.3, 0.4) is 0 Å². The first kappa shape index (κ1) is 21.2. The molecule has 1 N–H and O–H groups in total. The van der Waals surface area contributed by atoms with Gasteiger partial charge in [-0.15, -0.1) is 10.2 Å². The fraction of sp³-hybridized carbons (Fsp3) is 0.360. The van der Waals surface area contributed by atoms with E-state index in [-0.39, 0.29) is 5.82 Å². The van der Waals surface area contributed by atoms with Crippen LogP contribution in [-0.4, -0.2) is 38.4 Å². The van der Waals surface area contributed by atoms with Crippen molar-refractivity contribution in [3.8, 4) is 0 Å². The topological polar surface area (TPSA) is 58.1 Å². The lowest BCUT2D eigenvalue weighted by Gasteiger charge is -2.20. The molecule has 1 saturated heterocycles. The highest BCUT2D eigenvalue weighted by atomic mass is 32.2. The molecular formula is C25H27FN4OS. The van der Waals surface area contributed by atoms with Gasteiger partial charge in [-0.1, -0.05) is 30.3 Å². The molecule has 2 fully saturated rings. The third-order valence-electron chi connectivity index (χ3n) is 6.59. The number of nitrogens with zero attached hydrogens (tertiary/aromatic N) is 3. The second kappa shape index (κ2) is 9.08. The van der Waals surface area contributed by atoms with Gasteiger partial charge in [0.05, 0.1) is 0 Å². The zero-order valence-corrected chi connectivity index (χ0v) is 18.9. The molecule has 1 aliphatic carbocycles. The number of nitrogens with one attached hydrogen (secondary N) is 1. The van der Waals surface area contributed by atoms with E-state index in [1.54, 1.807) is 12.1 Å². The van der Waals surface area contributed by atoms with Crippen LogP contribution in [0.1, 0.15) is 24.0 Å². The molecule has 7 heteroatoms. The molecule has 2 unspecified atom stereocenters. The number of halogens is 1. The van der Waals surface area contributed by atoms with Gasteiger partial charge in [-0.05, 0) is 73.1 Å². The Labute approximate surface area is 190 Å². The minimum atomic E-state index is -1.31. The second-order valence-corrected chi connectivity index (χ2v) is 10.4. The first-order valence-electron chi connectivity index (χ1n) is 11.1. The Morgan fingerprint density at radius 2 is 1.78 bits per heavy atom. The molecule has 2 aliphatic rings. The van der Waals surface area contributed by atoms with Crippen molar-refractivity contribution in [1.29, 1.82) is 0 Å². The molecule has 1 aromatic heterocycles. The third kappa shape index (κ3) is 4.59. The third-order valence-corrected chi connectivity index (χ3v) is 7.89. The molecule has 32 heavy (non-hydrogen) atoms. The summed E-state index contributed by atoms with van der Waals surface area (Å²) < 4.78 is 26.1. The summed E-state index contributed by atoms with van der Waals surface area (Å²) in [7, 11) is -1.31. The van der Waals surface area contributed by atoms with E-state index in [0.717, 1.165) is 43.2 Å². The number of aromatic nitrogens is 2. The number of likely N-dealkylation sites (tertiary alicyclic amines) is 1. The molecule has 2 aromatic carbocycles. The lowest BCUT2D eigenvalue weighted by Crippen LogP contribution is -2.25. The van der Waals surface area contributed by atoms with Gasteiger partial charge in [-0.2, -0.15) is 0 Å². The van der Waals surface area contributed by atoms with E-state index in [0.29, 0.717) is 28.5 Å². The predicted molar refractivity (Wildman–Crippen MR) is 123 cm³/mol. The average Bonchev–Trinajstić information content (AvgIpc) is 3.35. The number of rotatable bonds is 6. The SMILES string of the molecule is Cc1cc(CN2C[C@H]3CC(Nc4ccc(S(=O)c5ccccc5)nn4)C[C@H]3C2)ccc1F. The number of anilines is 1. The van der Waals surface area contributed by atoms with E-state index in [1.807, 2.05) is 55.5 Å². The Balaban J connectivity index is 1.14. The van der Waals surface area contributed by atoms with E-state index >= 15 is 0 Å². The summed E-state index contributed by atoms with van der Waals surface area (Å²) in [6, 6.07) is 18.8. The molecule has 5 rings (SSSR count). The Hall–Kier alpha value is -2.64. The normalized spacial score (nSPS) is 23.8. The summed E-state index contributed by atoms with van der Waals surface area (Å²) in [5.74, 6) is 1.95. The van der Waals surface area contributed by atoms with Gasteiger partial charge < -0.3 is 5.32 Å². The summed E-state index contributed by atoms with van der Waals surface area (Å²) in [6.45, 7) is 4.88. The molecular weight excluding hydrogens is 423 g/mol. The van der Waals surface area contributed by atoms with Crippen molar-refractivity contribution >= 4 is 16.6 Å². The summed E-state index contributed by atoms with van der Waals surface area (Å²) in [4.78, 5) is 3.22. The Morgan fingerprint density at radius 1 is 1.03 bits per heavy atom. The van der Waals surface area contributed by atoms with Crippen LogP contribution in [-0.2, 0) is 17.3 Å². The van der Waals surface area contributed by atoms with Gasteiger partial charge in [0, 0.05) is 30.6 Å². The van der Waals surface area contributed by atoms with Crippen molar-refractivity contribution in [2.45, 2.75) is 42.3 Å². The lowest BCUT2D eigenvalue weighted by molar-refractivity contribution is 0.301. The van der Waals surface area contributed by atoms with Gasteiger partial charge in [-0.3, -0.25) is 4.90 Å². The quantitative estimate of drug-likeness (QED) is 0.603. The van der Waals surface area contributed by atoms with Crippen LogP contribution in [0.25, 0.3) is 0 Å². The van der Waals surface area contributed by atoms with Crippen molar-refractivity contribution < 1.29 is 8.60 Å². The highest BCUT2D eigenvalue weighted by Crippen LogP contribution is 2.39. The Kier molecular flexibility index (Phi) is 6.02. The van der Waals surface area contributed by atoms with Gasteiger partial charge in [0.2, 0.25) is 0 Å². The Morgan fingerprint density at radius 3 is 2.44 bits per heavy atom. The van der Waals surface area contributed by atoms with E-state index in [4.69, 9.17) is 0 Å². The van der Waals surface area contributed by atoms with Crippen LogP contribution in [0.4, 0.5) is 10.2 Å². The summed E-state index contributed by atoms with van der Waals surface area (Å²) in [6.07, 6.45) is 2.23. The van der Waals surface area contributed by atoms with E-state index in [9.17, 15) is 8.60 Å². The maximum Gasteiger partial charge on any atom is 0.155 e. The lowest BCUT2D eigenvalue weighted by atomic mass is 10.0. The summed E-state index contributed by atoms with van der Waals surface area (Å²) >= 11 is 0. The molecule has 4 atom stereocenters. The minimum Gasteiger partial charge on any atom is -0.366 e. The van der Waals surface area contributed by atoms with Crippen molar-refractivity contribution in [2.75, 3.05) is 18.4 Å². The van der Waals surface area contributed by atoms with Crippen LogP contribution in [0.2, 0.25) is 0 Å². The van der Waals surface area contributed by atoms with Gasteiger partial charge in [0.1, 0.15) is 22.4 Å². The Bertz CT molecular complexity index is 1090. The molecule has 5 nitrogen and oxygen atoms in total. The summed E-state index contributed by atoms with van der Waals surface area (Å²) in [5.41, 5.74) is 1.90. The zero-order valence-electron chi connectivity index (χ0n) is 18.1. The smallest absolute Gasteiger partial charge is 0.155 e. The maximum absolute atomic E-state index is 13.5. The van der Waals surface area contributed by atoms with Gasteiger partial charge in [0.15, 0.2) is 5.03 Å². The van der Waals surface area contributed by atoms with Gasteiger partial charge in [-0.25, -0.2) is 8.60 Å². The first-order valence-corrected chi connectivity index (χ1v) is 12.2. The fourth-order valence-electron chi connectivity index (χ4n) is 5.08. The van der Waals surface area contributed by atoms with Gasteiger partial charge >= 0.3 is 0 Å². The molecule has 0 radical (unpaired) electrons. The van der Waals surface area contributed by atoms with E-state index in [1.165, 1.54) is 5.56 Å². The number of fused-ring (bicyclic) bond motifs is 1. The highest BCUT2D eigenvalue weighted by Gasteiger charge is 2.40. The van der Waals surface area contributed by atoms with Crippen LogP contribution < -0.4 is 5.32 Å². The number of hydrogen-bond acceptors (Lipinski definition) is 5. The molecule has 1 aliphatic heterocycles. The largest absolute Gasteiger partial charge is 0.366 e. The number of hydrogen-bond donors (Lipinski definition) is 1. The van der Waals surface area contributed by atoms with E-state index in [2.05, 4.69) is 20.4 Å². The number of benzene rings is 2.